The van der Waals surface area contributed by atoms with E-state index in [1.54, 1.807) is 0 Å². The number of rotatable bonds is 4. The van der Waals surface area contributed by atoms with E-state index in [1.165, 1.54) is 12.1 Å². The minimum absolute atomic E-state index is 0.0585. The Morgan fingerprint density at radius 1 is 1.47 bits per heavy atom. The number of benzene rings is 1. The van der Waals surface area contributed by atoms with Crippen molar-refractivity contribution >= 4 is 34.8 Å². The molecule has 4 nitrogen and oxygen atoms in total. The smallest absolute Gasteiger partial charge is 0.241 e. The maximum absolute atomic E-state index is 13.6. The van der Waals surface area contributed by atoms with E-state index in [2.05, 4.69) is 5.32 Å². The summed E-state index contributed by atoms with van der Waals surface area (Å²) in [5.74, 6) is -1.31. The molecule has 0 saturated heterocycles. The van der Waals surface area contributed by atoms with Gasteiger partial charge in [-0.25, -0.2) is 4.39 Å². The predicted octanol–water partition coefficient (Wildman–Crippen LogP) is 1.75. The number of anilines is 1. The van der Waals surface area contributed by atoms with Crippen LogP contribution in [-0.2, 0) is 4.79 Å². The van der Waals surface area contributed by atoms with Gasteiger partial charge in [-0.1, -0.05) is 23.2 Å². The van der Waals surface area contributed by atoms with Crippen LogP contribution in [0.25, 0.3) is 0 Å². The molecule has 17 heavy (non-hydrogen) atoms. The van der Waals surface area contributed by atoms with E-state index in [9.17, 15) is 9.18 Å². The van der Waals surface area contributed by atoms with Crippen molar-refractivity contribution in [1.82, 2.24) is 0 Å². The molecular weight excluding hydrogens is 268 g/mol. The summed E-state index contributed by atoms with van der Waals surface area (Å²) in [6, 6.07) is 1.92. The predicted molar refractivity (Wildman–Crippen MR) is 66.7 cm³/mol. The van der Waals surface area contributed by atoms with E-state index in [0.717, 1.165) is 0 Å². The normalized spacial score (nSPS) is 12.3. The minimum Gasteiger partial charge on any atom is -0.330 e. The lowest BCUT2D eigenvalue weighted by atomic mass is 10.2. The number of halogens is 3. The second-order valence-corrected chi connectivity index (χ2v) is 4.18. The van der Waals surface area contributed by atoms with Crippen LogP contribution in [0.5, 0.6) is 0 Å². The van der Waals surface area contributed by atoms with Gasteiger partial charge < -0.3 is 16.8 Å². The van der Waals surface area contributed by atoms with Crippen molar-refractivity contribution < 1.29 is 9.18 Å². The SMILES string of the molecule is NCC[C@H](N)C(=O)Nc1ccc(Cl)c(Cl)c1F. The van der Waals surface area contributed by atoms with Gasteiger partial charge in [-0.3, -0.25) is 4.79 Å². The lowest BCUT2D eigenvalue weighted by molar-refractivity contribution is -0.117. The van der Waals surface area contributed by atoms with Gasteiger partial charge in [-0.2, -0.15) is 0 Å². The average Bonchev–Trinajstić information content (AvgIpc) is 2.30. The molecule has 0 saturated carbocycles. The van der Waals surface area contributed by atoms with Crippen LogP contribution in [-0.4, -0.2) is 18.5 Å². The van der Waals surface area contributed by atoms with Gasteiger partial charge in [0.1, 0.15) is 0 Å². The molecule has 0 aliphatic heterocycles. The molecule has 0 fully saturated rings. The van der Waals surface area contributed by atoms with E-state index in [1.807, 2.05) is 0 Å². The number of hydrogen-bond acceptors (Lipinski definition) is 3. The summed E-state index contributed by atoms with van der Waals surface area (Å²) in [4.78, 5) is 11.5. The van der Waals surface area contributed by atoms with Crippen LogP contribution in [0.2, 0.25) is 10.0 Å². The molecular formula is C10H12Cl2FN3O. The average molecular weight is 280 g/mol. The number of nitrogens with one attached hydrogen (secondary N) is 1. The quantitative estimate of drug-likeness (QED) is 0.735. The largest absolute Gasteiger partial charge is 0.330 e. The topological polar surface area (TPSA) is 81.1 Å². The molecule has 7 heteroatoms. The molecule has 1 amide bonds. The molecule has 5 N–H and O–H groups in total. The highest BCUT2D eigenvalue weighted by Crippen LogP contribution is 2.29. The molecule has 0 aliphatic carbocycles. The number of carbonyl (C=O) groups excluding carboxylic acids is 1. The second-order valence-electron chi connectivity index (χ2n) is 3.40. The van der Waals surface area contributed by atoms with Crippen molar-refractivity contribution in [3.05, 3.63) is 28.0 Å². The Labute approximate surface area is 108 Å². The molecule has 1 atom stereocenters. The minimum atomic E-state index is -0.785. The molecule has 1 aromatic rings. The molecule has 0 heterocycles. The first-order valence-corrected chi connectivity index (χ1v) is 5.63. The molecule has 0 aromatic heterocycles. The Morgan fingerprint density at radius 3 is 2.71 bits per heavy atom. The molecule has 0 unspecified atom stereocenters. The summed E-state index contributed by atoms with van der Waals surface area (Å²) in [5.41, 5.74) is 10.7. The zero-order valence-electron chi connectivity index (χ0n) is 8.84. The van der Waals surface area contributed by atoms with E-state index in [4.69, 9.17) is 34.7 Å². The first-order valence-electron chi connectivity index (χ1n) is 4.87. The van der Waals surface area contributed by atoms with E-state index >= 15 is 0 Å². The van der Waals surface area contributed by atoms with Crippen molar-refractivity contribution in [3.8, 4) is 0 Å². The molecule has 0 bridgehead atoms. The van der Waals surface area contributed by atoms with Gasteiger partial charge >= 0.3 is 0 Å². The van der Waals surface area contributed by atoms with Gasteiger partial charge in [0.2, 0.25) is 5.91 Å². The monoisotopic (exact) mass is 279 g/mol. The third-order valence-electron chi connectivity index (χ3n) is 2.11. The van der Waals surface area contributed by atoms with Crippen LogP contribution in [0, 0.1) is 5.82 Å². The summed E-state index contributed by atoms with van der Waals surface area (Å²) in [6.07, 6.45) is 0.314. The first kappa shape index (κ1) is 14.2. The van der Waals surface area contributed by atoms with Crippen molar-refractivity contribution in [2.45, 2.75) is 12.5 Å². The summed E-state index contributed by atoms with van der Waals surface area (Å²) in [7, 11) is 0. The first-order chi connectivity index (χ1) is 7.97. The van der Waals surface area contributed by atoms with Crippen molar-refractivity contribution in [2.75, 3.05) is 11.9 Å². The fourth-order valence-corrected chi connectivity index (χ4v) is 1.47. The zero-order chi connectivity index (χ0) is 13.0. The summed E-state index contributed by atoms with van der Waals surface area (Å²) in [5, 5.41) is 2.16. The second kappa shape index (κ2) is 6.16. The lowest BCUT2D eigenvalue weighted by Crippen LogP contribution is -2.37. The maximum atomic E-state index is 13.6. The number of hydrogen-bond donors (Lipinski definition) is 3. The Bertz CT molecular complexity index is 428. The van der Waals surface area contributed by atoms with Crippen molar-refractivity contribution in [2.24, 2.45) is 11.5 Å². The summed E-state index contributed by atoms with van der Waals surface area (Å²) < 4.78 is 13.6. The highest BCUT2D eigenvalue weighted by Gasteiger charge is 2.16. The van der Waals surface area contributed by atoms with Crippen molar-refractivity contribution in [1.29, 1.82) is 0 Å². The van der Waals surface area contributed by atoms with E-state index < -0.39 is 17.8 Å². The Morgan fingerprint density at radius 2 is 2.12 bits per heavy atom. The van der Waals surface area contributed by atoms with E-state index in [0.29, 0.717) is 6.42 Å². The van der Waals surface area contributed by atoms with E-state index in [-0.39, 0.29) is 22.3 Å². The Kier molecular flexibility index (Phi) is 5.14. The Balaban J connectivity index is 2.82. The van der Waals surface area contributed by atoms with Gasteiger partial charge in [-0.15, -0.1) is 0 Å². The maximum Gasteiger partial charge on any atom is 0.241 e. The third kappa shape index (κ3) is 3.54. The van der Waals surface area contributed by atoms with Crippen LogP contribution in [0.3, 0.4) is 0 Å². The van der Waals surface area contributed by atoms with Gasteiger partial charge in [0.25, 0.3) is 0 Å². The summed E-state index contributed by atoms with van der Waals surface area (Å²) >= 11 is 11.2. The van der Waals surface area contributed by atoms with Crippen LogP contribution in [0.4, 0.5) is 10.1 Å². The number of carbonyl (C=O) groups is 1. The van der Waals surface area contributed by atoms with Gasteiger partial charge in [-0.05, 0) is 25.1 Å². The highest BCUT2D eigenvalue weighted by atomic mass is 35.5. The van der Waals surface area contributed by atoms with Crippen LogP contribution >= 0.6 is 23.2 Å². The molecule has 0 aliphatic rings. The number of nitrogens with two attached hydrogens (primary N) is 2. The molecule has 94 valence electrons. The van der Waals surface area contributed by atoms with Gasteiger partial charge in [0.05, 0.1) is 21.8 Å². The standard InChI is InChI=1S/C10H12Cl2FN3O/c11-5-1-2-7(9(13)8(5)12)16-10(17)6(15)3-4-14/h1-2,6H,3-4,14-15H2,(H,16,17)/t6-/m0/s1. The highest BCUT2D eigenvalue weighted by molar-refractivity contribution is 6.42. The fraction of sp³-hybridized carbons (Fsp3) is 0.300. The fourth-order valence-electron chi connectivity index (χ4n) is 1.16. The van der Waals surface area contributed by atoms with Crippen molar-refractivity contribution in [3.63, 3.8) is 0 Å². The molecule has 0 radical (unpaired) electrons. The van der Waals surface area contributed by atoms with Gasteiger partial charge in [0, 0.05) is 0 Å². The molecule has 1 aromatic carbocycles. The van der Waals surface area contributed by atoms with Crippen LogP contribution in [0.1, 0.15) is 6.42 Å². The summed E-state index contributed by atoms with van der Waals surface area (Å²) in [6.45, 7) is 0.276. The van der Waals surface area contributed by atoms with Crippen LogP contribution < -0.4 is 16.8 Å². The third-order valence-corrected chi connectivity index (χ3v) is 2.89. The van der Waals surface area contributed by atoms with Gasteiger partial charge in [0.15, 0.2) is 5.82 Å². The van der Waals surface area contributed by atoms with Crippen LogP contribution in [0.15, 0.2) is 12.1 Å². The molecule has 0 spiro atoms. The zero-order valence-corrected chi connectivity index (χ0v) is 10.4. The molecule has 1 rings (SSSR count). The Hall–Kier alpha value is -0.880. The lowest BCUT2D eigenvalue weighted by Gasteiger charge is -2.12. The number of amides is 1.